The van der Waals surface area contributed by atoms with Crippen LogP contribution >= 0.6 is 11.6 Å². The summed E-state index contributed by atoms with van der Waals surface area (Å²) in [5.74, 6) is -0.545. The van der Waals surface area contributed by atoms with Crippen LogP contribution in [-0.4, -0.2) is 17.1 Å². The summed E-state index contributed by atoms with van der Waals surface area (Å²) in [7, 11) is 0. The van der Waals surface area contributed by atoms with E-state index >= 15 is 0 Å². The number of aryl methyl sites for hydroxylation is 1. The molecule has 118 valence electrons. The van der Waals surface area contributed by atoms with Crippen molar-refractivity contribution in [1.29, 1.82) is 0 Å². The van der Waals surface area contributed by atoms with Crippen molar-refractivity contribution in [2.75, 3.05) is 0 Å². The van der Waals surface area contributed by atoms with Crippen LogP contribution < -0.4 is 5.32 Å². The molecule has 4 nitrogen and oxygen atoms in total. The number of hydrogen-bond acceptors (Lipinski definition) is 3. The van der Waals surface area contributed by atoms with Crippen LogP contribution in [0.4, 0.5) is 4.39 Å². The largest absolute Gasteiger partial charge is 0.360 e. The second-order valence-corrected chi connectivity index (χ2v) is 5.45. The number of hydrogen-bond donors (Lipinski definition) is 1. The van der Waals surface area contributed by atoms with Crippen molar-refractivity contribution in [3.05, 3.63) is 40.4 Å². The van der Waals surface area contributed by atoms with Crippen molar-refractivity contribution in [2.45, 2.75) is 39.7 Å². The van der Waals surface area contributed by atoms with Crippen molar-refractivity contribution in [3.8, 4) is 11.3 Å². The van der Waals surface area contributed by atoms with E-state index in [0.717, 1.165) is 12.8 Å². The number of benzene rings is 1. The van der Waals surface area contributed by atoms with Gasteiger partial charge in [-0.25, -0.2) is 4.39 Å². The van der Waals surface area contributed by atoms with Crippen molar-refractivity contribution in [2.24, 2.45) is 0 Å². The third-order valence-electron chi connectivity index (χ3n) is 3.61. The molecule has 0 aliphatic heterocycles. The van der Waals surface area contributed by atoms with Crippen LogP contribution in [0.2, 0.25) is 5.02 Å². The molecule has 0 aliphatic rings. The summed E-state index contributed by atoms with van der Waals surface area (Å²) < 4.78 is 19.2. The summed E-state index contributed by atoms with van der Waals surface area (Å²) in [4.78, 5) is 12.5. The van der Waals surface area contributed by atoms with Gasteiger partial charge in [-0.05, 0) is 31.9 Å². The highest BCUT2D eigenvalue weighted by atomic mass is 35.5. The Balaban J connectivity index is 2.47. The lowest BCUT2D eigenvalue weighted by atomic mass is 10.0. The van der Waals surface area contributed by atoms with Gasteiger partial charge in [0.15, 0.2) is 0 Å². The number of halogens is 2. The number of rotatable bonds is 5. The lowest BCUT2D eigenvalue weighted by Crippen LogP contribution is -2.34. The predicted octanol–water partition coefficient (Wildman–Crippen LogP) is 4.36. The number of nitrogens with one attached hydrogen (secondary N) is 1. The molecular weight excluding hydrogens is 307 g/mol. The van der Waals surface area contributed by atoms with Crippen LogP contribution in [0.15, 0.2) is 22.7 Å². The topological polar surface area (TPSA) is 55.1 Å². The van der Waals surface area contributed by atoms with Gasteiger partial charge in [0.2, 0.25) is 0 Å². The predicted molar refractivity (Wildman–Crippen MR) is 83.5 cm³/mol. The normalized spacial score (nSPS) is 11.0. The maximum Gasteiger partial charge on any atom is 0.257 e. The molecular formula is C16H18ClFN2O2. The van der Waals surface area contributed by atoms with Gasteiger partial charge in [0.25, 0.3) is 5.91 Å². The standard InChI is InChI=1S/C16H18ClFN2O2/c1-4-10(5-2)19-16(21)13-9(3)22-20-15(13)14-11(17)7-6-8-12(14)18/h6-8,10H,4-5H2,1-3H3,(H,19,21). The molecule has 1 aromatic heterocycles. The van der Waals surface area contributed by atoms with E-state index in [1.54, 1.807) is 13.0 Å². The SMILES string of the molecule is CCC(CC)NC(=O)c1c(-c2c(F)cccc2Cl)noc1C. The number of carbonyl (C=O) groups is 1. The van der Waals surface area contributed by atoms with E-state index in [0.29, 0.717) is 5.76 Å². The molecule has 0 atom stereocenters. The Kier molecular flexibility index (Phi) is 5.19. The van der Waals surface area contributed by atoms with Gasteiger partial charge in [0.1, 0.15) is 22.8 Å². The zero-order valence-corrected chi connectivity index (χ0v) is 13.5. The molecule has 0 spiro atoms. The molecule has 0 unspecified atom stereocenters. The van der Waals surface area contributed by atoms with E-state index in [2.05, 4.69) is 10.5 Å². The van der Waals surface area contributed by atoms with E-state index in [1.165, 1.54) is 12.1 Å². The molecule has 1 amide bonds. The number of carbonyl (C=O) groups excluding carboxylic acids is 1. The zero-order valence-electron chi connectivity index (χ0n) is 12.7. The maximum atomic E-state index is 14.1. The van der Waals surface area contributed by atoms with Crippen LogP contribution in [0.3, 0.4) is 0 Å². The second kappa shape index (κ2) is 6.92. The quantitative estimate of drug-likeness (QED) is 0.889. The van der Waals surface area contributed by atoms with Crippen molar-refractivity contribution >= 4 is 17.5 Å². The fourth-order valence-electron chi connectivity index (χ4n) is 2.28. The van der Waals surface area contributed by atoms with Crippen LogP contribution in [-0.2, 0) is 0 Å². The molecule has 1 heterocycles. The third-order valence-corrected chi connectivity index (χ3v) is 3.93. The molecule has 0 aliphatic carbocycles. The van der Waals surface area contributed by atoms with Gasteiger partial charge in [-0.1, -0.05) is 36.7 Å². The maximum absolute atomic E-state index is 14.1. The van der Waals surface area contributed by atoms with E-state index in [4.69, 9.17) is 16.1 Å². The minimum Gasteiger partial charge on any atom is -0.360 e. The molecule has 0 saturated heterocycles. The van der Waals surface area contributed by atoms with Crippen LogP contribution in [0, 0.1) is 12.7 Å². The van der Waals surface area contributed by atoms with Gasteiger partial charge in [-0.3, -0.25) is 4.79 Å². The zero-order chi connectivity index (χ0) is 16.3. The van der Waals surface area contributed by atoms with E-state index in [1.807, 2.05) is 13.8 Å². The summed E-state index contributed by atoms with van der Waals surface area (Å²) >= 11 is 6.06. The number of nitrogens with zero attached hydrogens (tertiary/aromatic N) is 1. The van der Waals surface area contributed by atoms with Gasteiger partial charge in [0.05, 0.1) is 10.6 Å². The van der Waals surface area contributed by atoms with Crippen molar-refractivity contribution < 1.29 is 13.7 Å². The minimum atomic E-state index is -0.544. The summed E-state index contributed by atoms with van der Waals surface area (Å²) in [5.41, 5.74) is 0.429. The van der Waals surface area contributed by atoms with E-state index < -0.39 is 5.82 Å². The van der Waals surface area contributed by atoms with Gasteiger partial charge < -0.3 is 9.84 Å². The highest BCUT2D eigenvalue weighted by Gasteiger charge is 2.26. The second-order valence-electron chi connectivity index (χ2n) is 5.05. The highest BCUT2D eigenvalue weighted by Crippen LogP contribution is 2.33. The fourth-order valence-corrected chi connectivity index (χ4v) is 2.54. The Morgan fingerprint density at radius 3 is 2.68 bits per heavy atom. The Hall–Kier alpha value is -1.88. The molecule has 2 aromatic rings. The van der Waals surface area contributed by atoms with Gasteiger partial charge in [0, 0.05) is 6.04 Å². The summed E-state index contributed by atoms with van der Waals surface area (Å²) in [6.45, 7) is 5.60. The fraction of sp³-hybridized carbons (Fsp3) is 0.375. The first-order valence-electron chi connectivity index (χ1n) is 7.21. The molecule has 0 radical (unpaired) electrons. The van der Waals surface area contributed by atoms with E-state index in [9.17, 15) is 9.18 Å². The summed E-state index contributed by atoms with van der Waals surface area (Å²) in [6, 6.07) is 4.36. The van der Waals surface area contributed by atoms with Gasteiger partial charge in [-0.2, -0.15) is 0 Å². The highest BCUT2D eigenvalue weighted by molar-refractivity contribution is 6.33. The Bertz CT molecular complexity index is 661. The Morgan fingerprint density at radius 1 is 1.41 bits per heavy atom. The number of amides is 1. The Morgan fingerprint density at radius 2 is 2.09 bits per heavy atom. The first-order valence-corrected chi connectivity index (χ1v) is 7.58. The van der Waals surface area contributed by atoms with Gasteiger partial charge >= 0.3 is 0 Å². The monoisotopic (exact) mass is 324 g/mol. The first kappa shape index (κ1) is 16.5. The molecule has 2 rings (SSSR count). The average Bonchev–Trinajstić information content (AvgIpc) is 2.86. The van der Waals surface area contributed by atoms with Crippen molar-refractivity contribution in [3.63, 3.8) is 0 Å². The molecule has 22 heavy (non-hydrogen) atoms. The molecule has 1 aromatic carbocycles. The van der Waals surface area contributed by atoms with Gasteiger partial charge in [-0.15, -0.1) is 0 Å². The lowest BCUT2D eigenvalue weighted by molar-refractivity contribution is 0.0934. The van der Waals surface area contributed by atoms with Crippen LogP contribution in [0.5, 0.6) is 0 Å². The molecule has 1 N–H and O–H groups in total. The lowest BCUT2D eigenvalue weighted by Gasteiger charge is -2.14. The number of aromatic nitrogens is 1. The van der Waals surface area contributed by atoms with Crippen molar-refractivity contribution in [1.82, 2.24) is 10.5 Å². The summed E-state index contributed by atoms with van der Waals surface area (Å²) in [5, 5.41) is 6.92. The molecule has 0 fully saturated rings. The van der Waals surface area contributed by atoms with Crippen LogP contribution in [0.25, 0.3) is 11.3 Å². The Labute approximate surface area is 133 Å². The smallest absolute Gasteiger partial charge is 0.257 e. The average molecular weight is 325 g/mol. The van der Waals surface area contributed by atoms with E-state index in [-0.39, 0.29) is 33.8 Å². The van der Waals surface area contributed by atoms with Crippen LogP contribution in [0.1, 0.15) is 42.8 Å². The molecule has 6 heteroatoms. The first-order chi connectivity index (χ1) is 10.5. The minimum absolute atomic E-state index is 0.0470. The molecule has 0 saturated carbocycles. The third kappa shape index (κ3) is 3.14. The molecule has 0 bridgehead atoms. The summed E-state index contributed by atoms with van der Waals surface area (Å²) in [6.07, 6.45) is 1.62.